The monoisotopic (exact) mass is 332 g/mol. The van der Waals surface area contributed by atoms with Gasteiger partial charge in [-0.2, -0.15) is 0 Å². The van der Waals surface area contributed by atoms with Crippen LogP contribution in [0.1, 0.15) is 5.56 Å². The van der Waals surface area contributed by atoms with Crippen molar-refractivity contribution in [3.8, 4) is 5.75 Å². The molecule has 0 amide bonds. The van der Waals surface area contributed by atoms with Gasteiger partial charge < -0.3 is 4.74 Å². The molecule has 2 heterocycles. The fourth-order valence-electron chi connectivity index (χ4n) is 1.83. The van der Waals surface area contributed by atoms with Crippen LogP contribution >= 0.6 is 34.2 Å². The Bertz CT molecular complexity index is 559. The van der Waals surface area contributed by atoms with E-state index < -0.39 is 0 Å². The minimum Gasteiger partial charge on any atom is -0.492 e. The van der Waals surface area contributed by atoms with E-state index in [0.29, 0.717) is 5.15 Å². The maximum absolute atomic E-state index is 6.04. The third kappa shape index (κ3) is 1.38. The summed E-state index contributed by atoms with van der Waals surface area (Å²) in [4.78, 5) is 8.26. The van der Waals surface area contributed by atoms with Gasteiger partial charge >= 0.3 is 0 Å². The predicted octanol–water partition coefficient (Wildman–Crippen LogP) is 2.82. The van der Waals surface area contributed by atoms with E-state index in [1.165, 1.54) is 6.33 Å². The summed E-state index contributed by atoms with van der Waals surface area (Å²) >= 11 is 8.29. The first-order chi connectivity index (χ1) is 7.27. The van der Waals surface area contributed by atoms with E-state index in [-0.39, 0.29) is 0 Å². The van der Waals surface area contributed by atoms with Crippen LogP contribution in [0.3, 0.4) is 0 Å². The molecule has 0 saturated heterocycles. The first kappa shape index (κ1) is 9.59. The molecule has 15 heavy (non-hydrogen) atoms. The summed E-state index contributed by atoms with van der Waals surface area (Å²) in [7, 11) is 0. The molecular weight excluding hydrogens is 326 g/mol. The normalized spacial score (nSPS) is 14.0. The van der Waals surface area contributed by atoms with Crippen LogP contribution in [0, 0.1) is 3.57 Å². The maximum Gasteiger partial charge on any atom is 0.140 e. The lowest BCUT2D eigenvalue weighted by Crippen LogP contribution is -1.90. The Morgan fingerprint density at radius 2 is 2.27 bits per heavy atom. The van der Waals surface area contributed by atoms with Crippen LogP contribution in [0.15, 0.2) is 12.4 Å². The zero-order valence-corrected chi connectivity index (χ0v) is 10.5. The lowest BCUT2D eigenvalue weighted by atomic mass is 10.1. The number of nitrogens with zero attached hydrogens (tertiary/aromatic N) is 2. The van der Waals surface area contributed by atoms with Gasteiger partial charge in [0, 0.05) is 17.4 Å². The van der Waals surface area contributed by atoms with Crippen LogP contribution in [0.25, 0.3) is 10.9 Å². The van der Waals surface area contributed by atoms with Crippen LogP contribution in [0.4, 0.5) is 0 Å². The van der Waals surface area contributed by atoms with Gasteiger partial charge in [-0.05, 0) is 28.7 Å². The van der Waals surface area contributed by atoms with Crippen molar-refractivity contribution < 1.29 is 4.74 Å². The number of benzene rings is 1. The molecule has 2 aromatic rings. The molecule has 1 aliphatic heterocycles. The van der Waals surface area contributed by atoms with E-state index in [9.17, 15) is 0 Å². The van der Waals surface area contributed by atoms with Crippen molar-refractivity contribution in [2.45, 2.75) is 6.42 Å². The SMILES string of the molecule is Clc1ncnc2c3c(c(I)cc12)OCC3. The molecule has 1 aliphatic rings. The number of fused-ring (bicyclic) bond motifs is 3. The number of ether oxygens (including phenoxy) is 1. The number of hydrogen-bond acceptors (Lipinski definition) is 3. The van der Waals surface area contributed by atoms with E-state index in [1.54, 1.807) is 0 Å². The predicted molar refractivity (Wildman–Crippen MR) is 66.5 cm³/mol. The van der Waals surface area contributed by atoms with E-state index >= 15 is 0 Å². The van der Waals surface area contributed by atoms with Gasteiger partial charge in [0.1, 0.15) is 17.2 Å². The zero-order valence-electron chi connectivity index (χ0n) is 7.63. The van der Waals surface area contributed by atoms with E-state index in [1.807, 2.05) is 6.07 Å². The third-order valence-electron chi connectivity index (χ3n) is 2.48. The molecule has 3 nitrogen and oxygen atoms in total. The van der Waals surface area contributed by atoms with Gasteiger partial charge in [0.15, 0.2) is 0 Å². The highest BCUT2D eigenvalue weighted by Gasteiger charge is 2.20. The van der Waals surface area contributed by atoms with Crippen molar-refractivity contribution in [1.82, 2.24) is 9.97 Å². The molecule has 0 unspecified atom stereocenters. The van der Waals surface area contributed by atoms with Gasteiger partial charge in [0.2, 0.25) is 0 Å². The van der Waals surface area contributed by atoms with Crippen LogP contribution in [0.5, 0.6) is 5.75 Å². The average Bonchev–Trinajstić information content (AvgIpc) is 2.69. The molecule has 0 aliphatic carbocycles. The molecule has 0 saturated carbocycles. The third-order valence-corrected chi connectivity index (χ3v) is 3.58. The second-order valence-electron chi connectivity index (χ2n) is 3.33. The van der Waals surface area contributed by atoms with Crippen molar-refractivity contribution in [2.75, 3.05) is 6.61 Å². The van der Waals surface area contributed by atoms with Crippen LogP contribution in [-0.4, -0.2) is 16.6 Å². The summed E-state index contributed by atoms with van der Waals surface area (Å²) in [6.45, 7) is 0.728. The van der Waals surface area contributed by atoms with E-state index in [2.05, 4.69) is 32.6 Å². The highest BCUT2D eigenvalue weighted by atomic mass is 127. The topological polar surface area (TPSA) is 35.0 Å². The number of hydrogen-bond donors (Lipinski definition) is 0. The number of aromatic nitrogens is 2. The Hall–Kier alpha value is -0.620. The molecule has 0 spiro atoms. The van der Waals surface area contributed by atoms with Gasteiger partial charge in [-0.1, -0.05) is 11.6 Å². The first-order valence-electron chi connectivity index (χ1n) is 4.52. The van der Waals surface area contributed by atoms with Crippen LogP contribution in [0.2, 0.25) is 5.15 Å². The molecule has 76 valence electrons. The fraction of sp³-hybridized carbons (Fsp3) is 0.200. The molecule has 0 atom stereocenters. The highest BCUT2D eigenvalue weighted by molar-refractivity contribution is 14.1. The molecule has 1 aromatic heterocycles. The largest absolute Gasteiger partial charge is 0.492 e. The zero-order chi connectivity index (χ0) is 10.4. The standard InChI is InChI=1S/C10H6ClIN2O/c11-10-6-3-7(12)9-5(1-2-15-9)8(6)13-4-14-10/h3-4H,1-2H2. The highest BCUT2D eigenvalue weighted by Crippen LogP contribution is 2.37. The van der Waals surface area contributed by atoms with Crippen molar-refractivity contribution in [1.29, 1.82) is 0 Å². The summed E-state index contributed by atoms with van der Waals surface area (Å²) in [5.74, 6) is 0.956. The average molecular weight is 333 g/mol. The fourth-order valence-corrected chi connectivity index (χ4v) is 2.81. The first-order valence-corrected chi connectivity index (χ1v) is 5.97. The van der Waals surface area contributed by atoms with Gasteiger partial charge in [-0.15, -0.1) is 0 Å². The summed E-state index contributed by atoms with van der Waals surface area (Å²) in [6.07, 6.45) is 2.39. The molecule has 0 N–H and O–H groups in total. The minimum atomic E-state index is 0.507. The molecule has 0 bridgehead atoms. The lowest BCUT2D eigenvalue weighted by molar-refractivity contribution is 0.354. The van der Waals surface area contributed by atoms with Gasteiger partial charge in [0.25, 0.3) is 0 Å². The van der Waals surface area contributed by atoms with E-state index in [0.717, 1.165) is 38.8 Å². The van der Waals surface area contributed by atoms with E-state index in [4.69, 9.17) is 16.3 Å². The van der Waals surface area contributed by atoms with Crippen LogP contribution in [-0.2, 0) is 6.42 Å². The Kier molecular flexibility index (Phi) is 2.21. The maximum atomic E-state index is 6.04. The van der Waals surface area contributed by atoms with Gasteiger partial charge in [-0.25, -0.2) is 9.97 Å². The van der Waals surface area contributed by atoms with Crippen molar-refractivity contribution in [3.63, 3.8) is 0 Å². The molecule has 1 aromatic carbocycles. The lowest BCUT2D eigenvalue weighted by Gasteiger charge is -2.06. The molecule has 5 heteroatoms. The Morgan fingerprint density at radius 1 is 1.40 bits per heavy atom. The summed E-state index contributed by atoms with van der Waals surface area (Å²) in [5.41, 5.74) is 2.07. The minimum absolute atomic E-state index is 0.507. The Morgan fingerprint density at radius 3 is 3.13 bits per heavy atom. The second-order valence-corrected chi connectivity index (χ2v) is 4.85. The molecular formula is C10H6ClIN2O. The molecule has 0 radical (unpaired) electrons. The summed E-state index contributed by atoms with van der Waals surface area (Å²) in [6, 6.07) is 1.97. The molecule has 0 fully saturated rings. The number of halogens is 2. The van der Waals surface area contributed by atoms with Gasteiger partial charge in [0.05, 0.1) is 15.7 Å². The Balaban J connectivity index is 2.48. The summed E-state index contributed by atoms with van der Waals surface area (Å²) in [5, 5.41) is 1.42. The number of rotatable bonds is 0. The van der Waals surface area contributed by atoms with Crippen LogP contribution < -0.4 is 4.74 Å². The molecule has 3 rings (SSSR count). The quantitative estimate of drug-likeness (QED) is 0.550. The van der Waals surface area contributed by atoms with Crippen molar-refractivity contribution >= 4 is 45.1 Å². The van der Waals surface area contributed by atoms with Crippen molar-refractivity contribution in [3.05, 3.63) is 26.7 Å². The second kappa shape index (κ2) is 3.45. The van der Waals surface area contributed by atoms with Crippen molar-refractivity contribution in [2.24, 2.45) is 0 Å². The van der Waals surface area contributed by atoms with Gasteiger partial charge in [-0.3, -0.25) is 0 Å². The smallest absolute Gasteiger partial charge is 0.140 e. The summed E-state index contributed by atoms with van der Waals surface area (Å²) < 4.78 is 6.64. The Labute approximate surface area is 105 Å².